The molecule has 0 unspecified atom stereocenters. The molecule has 0 aromatic carbocycles. The Morgan fingerprint density at radius 2 is 2.33 bits per heavy atom. The van der Waals surface area contributed by atoms with Gasteiger partial charge in [0.05, 0.1) is 0 Å². The Bertz CT molecular complexity index is 107. The van der Waals surface area contributed by atoms with E-state index in [4.69, 9.17) is 5.73 Å². The van der Waals surface area contributed by atoms with Crippen LogP contribution >= 0.6 is 0 Å². The minimum Gasteiger partial charge on any atom is -0.368 e. The highest BCUT2D eigenvalue weighted by atomic mass is 15.0. The topological polar surface area (TPSA) is 50.7 Å². The highest BCUT2D eigenvalue weighted by Crippen LogP contribution is 1.86. The minimum absolute atomic E-state index is 0.295. The first-order valence-electron chi connectivity index (χ1n) is 3.08. The number of guanidine groups is 1. The van der Waals surface area contributed by atoms with Crippen LogP contribution in [0.15, 0.2) is 9.98 Å². The zero-order valence-electron chi connectivity index (χ0n) is 5.80. The van der Waals surface area contributed by atoms with Gasteiger partial charge in [0.1, 0.15) is 0 Å². The summed E-state index contributed by atoms with van der Waals surface area (Å²) in [6.07, 6.45) is 2.20. The van der Waals surface area contributed by atoms with Gasteiger partial charge in [0, 0.05) is 6.54 Å². The third-order valence-electron chi connectivity index (χ3n) is 0.947. The maximum atomic E-state index is 5.23. The molecular formula is C6H13N3. The summed E-state index contributed by atoms with van der Waals surface area (Å²) < 4.78 is 0. The van der Waals surface area contributed by atoms with Crippen LogP contribution in [-0.2, 0) is 0 Å². The Morgan fingerprint density at radius 1 is 1.67 bits per heavy atom. The van der Waals surface area contributed by atoms with Gasteiger partial charge in [-0.2, -0.15) is 0 Å². The summed E-state index contributed by atoms with van der Waals surface area (Å²) in [5.41, 5.74) is 5.23. The van der Waals surface area contributed by atoms with Crippen molar-refractivity contribution in [2.45, 2.75) is 19.8 Å². The SMILES string of the molecule is C=NC(N)=NCCCC. The van der Waals surface area contributed by atoms with Gasteiger partial charge >= 0.3 is 0 Å². The van der Waals surface area contributed by atoms with E-state index >= 15 is 0 Å². The van der Waals surface area contributed by atoms with Crippen LogP contribution in [0.25, 0.3) is 0 Å². The molecule has 0 rings (SSSR count). The lowest BCUT2D eigenvalue weighted by Crippen LogP contribution is -2.07. The summed E-state index contributed by atoms with van der Waals surface area (Å²) in [6.45, 7) is 6.10. The monoisotopic (exact) mass is 127 g/mol. The molecule has 0 aromatic heterocycles. The molecule has 0 aromatic rings. The molecule has 9 heavy (non-hydrogen) atoms. The van der Waals surface area contributed by atoms with Gasteiger partial charge in [-0.05, 0) is 13.1 Å². The largest absolute Gasteiger partial charge is 0.368 e. The van der Waals surface area contributed by atoms with Gasteiger partial charge in [-0.3, -0.25) is 4.99 Å². The number of unbranched alkanes of at least 4 members (excludes halogenated alkanes) is 1. The molecule has 0 amide bonds. The predicted molar refractivity (Wildman–Crippen MR) is 40.9 cm³/mol. The van der Waals surface area contributed by atoms with Crippen molar-refractivity contribution in [3.05, 3.63) is 0 Å². The van der Waals surface area contributed by atoms with Crippen molar-refractivity contribution in [2.24, 2.45) is 15.7 Å². The first-order valence-corrected chi connectivity index (χ1v) is 3.08. The molecule has 0 radical (unpaired) electrons. The second-order valence-electron chi connectivity index (χ2n) is 1.75. The van der Waals surface area contributed by atoms with Gasteiger partial charge < -0.3 is 5.73 Å². The lowest BCUT2D eigenvalue weighted by molar-refractivity contribution is 0.806. The average molecular weight is 127 g/mol. The summed E-state index contributed by atoms with van der Waals surface area (Å²) in [6, 6.07) is 0. The van der Waals surface area contributed by atoms with Crippen LogP contribution < -0.4 is 5.73 Å². The van der Waals surface area contributed by atoms with E-state index in [1.165, 1.54) is 0 Å². The second-order valence-corrected chi connectivity index (χ2v) is 1.75. The molecule has 0 atom stereocenters. The van der Waals surface area contributed by atoms with Crippen LogP contribution in [0.4, 0.5) is 0 Å². The molecule has 0 saturated heterocycles. The van der Waals surface area contributed by atoms with Crippen molar-refractivity contribution in [3.63, 3.8) is 0 Å². The van der Waals surface area contributed by atoms with Crippen LogP contribution in [0.5, 0.6) is 0 Å². The number of rotatable bonds is 3. The lowest BCUT2D eigenvalue weighted by Gasteiger charge is -1.90. The number of hydrogen-bond donors (Lipinski definition) is 1. The third-order valence-corrected chi connectivity index (χ3v) is 0.947. The van der Waals surface area contributed by atoms with Crippen molar-refractivity contribution in [1.82, 2.24) is 0 Å². The average Bonchev–Trinajstić information content (AvgIpc) is 1.89. The Hall–Kier alpha value is -0.860. The van der Waals surface area contributed by atoms with Gasteiger partial charge in [0.15, 0.2) is 0 Å². The van der Waals surface area contributed by atoms with Gasteiger partial charge in [-0.1, -0.05) is 13.3 Å². The van der Waals surface area contributed by atoms with Crippen LogP contribution in [0.2, 0.25) is 0 Å². The normalized spacial score (nSPS) is 11.4. The fourth-order valence-corrected chi connectivity index (χ4v) is 0.402. The summed E-state index contributed by atoms with van der Waals surface area (Å²) in [7, 11) is 0. The standard InChI is InChI=1S/C6H13N3/c1-3-4-5-9-6(7)8-2/h2-5H2,1H3,(H2,7,9). The van der Waals surface area contributed by atoms with Crippen molar-refractivity contribution in [1.29, 1.82) is 0 Å². The lowest BCUT2D eigenvalue weighted by atomic mass is 10.3. The van der Waals surface area contributed by atoms with Crippen LogP contribution in [0.1, 0.15) is 19.8 Å². The van der Waals surface area contributed by atoms with E-state index in [2.05, 4.69) is 23.6 Å². The highest BCUT2D eigenvalue weighted by Gasteiger charge is 1.81. The number of aliphatic imine (C=N–C) groups is 2. The minimum atomic E-state index is 0.295. The van der Waals surface area contributed by atoms with Crippen LogP contribution in [0.3, 0.4) is 0 Å². The number of nitrogens with zero attached hydrogens (tertiary/aromatic N) is 2. The maximum Gasteiger partial charge on any atom is 0.214 e. The van der Waals surface area contributed by atoms with E-state index in [0.29, 0.717) is 5.96 Å². The Morgan fingerprint density at radius 3 is 2.78 bits per heavy atom. The second kappa shape index (κ2) is 5.28. The molecule has 3 heteroatoms. The van der Waals surface area contributed by atoms with Gasteiger partial charge in [0.2, 0.25) is 5.96 Å². The van der Waals surface area contributed by atoms with Gasteiger partial charge in [-0.15, -0.1) is 0 Å². The first kappa shape index (κ1) is 8.14. The number of nitrogens with two attached hydrogens (primary N) is 1. The van der Waals surface area contributed by atoms with E-state index in [9.17, 15) is 0 Å². The Balaban J connectivity index is 3.31. The molecule has 0 spiro atoms. The van der Waals surface area contributed by atoms with E-state index in [1.807, 2.05) is 0 Å². The molecule has 0 fully saturated rings. The molecule has 52 valence electrons. The molecular weight excluding hydrogens is 114 g/mol. The molecule has 0 heterocycles. The van der Waals surface area contributed by atoms with Crippen molar-refractivity contribution < 1.29 is 0 Å². The third kappa shape index (κ3) is 5.00. The molecule has 0 aliphatic rings. The fourth-order valence-electron chi connectivity index (χ4n) is 0.402. The van der Waals surface area contributed by atoms with E-state index in [1.54, 1.807) is 0 Å². The molecule has 0 aliphatic carbocycles. The summed E-state index contributed by atoms with van der Waals surface area (Å²) in [5, 5.41) is 0. The highest BCUT2D eigenvalue weighted by molar-refractivity contribution is 5.82. The van der Waals surface area contributed by atoms with Crippen molar-refractivity contribution >= 4 is 12.7 Å². The Kier molecular flexibility index (Phi) is 4.78. The zero-order chi connectivity index (χ0) is 7.11. The van der Waals surface area contributed by atoms with Gasteiger partial charge in [-0.25, -0.2) is 4.99 Å². The number of hydrogen-bond acceptors (Lipinski definition) is 1. The molecule has 0 aliphatic heterocycles. The smallest absolute Gasteiger partial charge is 0.214 e. The predicted octanol–water partition coefficient (Wildman–Crippen LogP) is 0.802. The summed E-state index contributed by atoms with van der Waals surface area (Å²) >= 11 is 0. The molecule has 2 N–H and O–H groups in total. The molecule has 3 nitrogen and oxygen atoms in total. The fraction of sp³-hybridized carbons (Fsp3) is 0.667. The zero-order valence-corrected chi connectivity index (χ0v) is 5.80. The van der Waals surface area contributed by atoms with Crippen LogP contribution in [-0.4, -0.2) is 19.2 Å². The summed E-state index contributed by atoms with van der Waals surface area (Å²) in [4.78, 5) is 7.34. The van der Waals surface area contributed by atoms with Crippen molar-refractivity contribution in [2.75, 3.05) is 6.54 Å². The maximum absolute atomic E-state index is 5.23. The quantitative estimate of drug-likeness (QED) is 0.340. The first-order chi connectivity index (χ1) is 4.31. The van der Waals surface area contributed by atoms with E-state index < -0.39 is 0 Å². The summed E-state index contributed by atoms with van der Waals surface area (Å²) in [5.74, 6) is 0.295. The van der Waals surface area contributed by atoms with Crippen molar-refractivity contribution in [3.8, 4) is 0 Å². The Labute approximate surface area is 55.7 Å². The van der Waals surface area contributed by atoms with E-state index in [0.717, 1.165) is 19.4 Å². The van der Waals surface area contributed by atoms with Gasteiger partial charge in [0.25, 0.3) is 0 Å². The molecule has 0 bridgehead atoms. The molecule has 0 saturated carbocycles. The van der Waals surface area contributed by atoms with Crippen LogP contribution in [0, 0.1) is 0 Å². The van der Waals surface area contributed by atoms with E-state index in [-0.39, 0.29) is 0 Å².